The second kappa shape index (κ2) is 9.60. The van der Waals surface area contributed by atoms with Crippen LogP contribution in [0.4, 0.5) is 11.6 Å². The van der Waals surface area contributed by atoms with Crippen LogP contribution >= 0.6 is 0 Å². The minimum atomic E-state index is 0.645. The summed E-state index contributed by atoms with van der Waals surface area (Å²) in [6.07, 6.45) is 5.15. The molecule has 0 spiro atoms. The van der Waals surface area contributed by atoms with E-state index < -0.39 is 0 Å². The molecule has 0 unspecified atom stereocenters. The van der Waals surface area contributed by atoms with Crippen LogP contribution in [-0.2, 0) is 6.54 Å². The number of nitrogens with zero attached hydrogens (tertiary/aromatic N) is 2. The number of anilines is 2. The lowest BCUT2D eigenvalue weighted by Crippen LogP contribution is -2.06. The average molecular weight is 330 g/mol. The number of aromatic nitrogens is 2. The third-order valence-corrected chi connectivity index (χ3v) is 3.68. The van der Waals surface area contributed by atoms with Crippen molar-refractivity contribution >= 4 is 11.6 Å². The minimum absolute atomic E-state index is 0.645. The smallest absolute Gasteiger partial charge is 0.161 e. The van der Waals surface area contributed by atoms with Crippen LogP contribution in [0, 0.1) is 0 Å². The molecule has 0 radical (unpaired) electrons. The number of unbranched alkanes of at least 4 members (excludes halogenated alkanes) is 2. The Labute approximate surface area is 143 Å². The van der Waals surface area contributed by atoms with Gasteiger partial charge in [-0.15, -0.1) is 0 Å². The largest absolute Gasteiger partial charge is 0.493 e. The van der Waals surface area contributed by atoms with E-state index in [-0.39, 0.29) is 0 Å². The average Bonchev–Trinajstić information content (AvgIpc) is 2.63. The molecule has 0 aliphatic rings. The first-order chi connectivity index (χ1) is 11.8. The summed E-state index contributed by atoms with van der Waals surface area (Å²) in [5.74, 6) is 3.08. The molecule has 1 aromatic carbocycles. The van der Waals surface area contributed by atoms with E-state index in [4.69, 9.17) is 9.47 Å². The van der Waals surface area contributed by atoms with Gasteiger partial charge in [-0.3, -0.25) is 0 Å². The maximum absolute atomic E-state index is 5.32. The van der Waals surface area contributed by atoms with Crippen LogP contribution in [0.3, 0.4) is 0 Å². The van der Waals surface area contributed by atoms with Crippen LogP contribution in [0.2, 0.25) is 0 Å². The van der Waals surface area contributed by atoms with Crippen molar-refractivity contribution in [3.8, 4) is 11.5 Å². The predicted octanol–water partition coefficient (Wildman–Crippen LogP) is 3.71. The van der Waals surface area contributed by atoms with Gasteiger partial charge < -0.3 is 20.1 Å². The fourth-order valence-electron chi connectivity index (χ4n) is 2.33. The zero-order chi connectivity index (χ0) is 17.2. The topological polar surface area (TPSA) is 68.3 Å². The van der Waals surface area contributed by atoms with E-state index in [9.17, 15) is 0 Å². The summed E-state index contributed by atoms with van der Waals surface area (Å²) in [6, 6.07) is 7.78. The number of rotatable bonds is 10. The highest BCUT2D eigenvalue weighted by atomic mass is 16.5. The molecule has 2 rings (SSSR count). The highest BCUT2D eigenvalue weighted by Crippen LogP contribution is 2.27. The van der Waals surface area contributed by atoms with Gasteiger partial charge in [0, 0.05) is 19.2 Å². The van der Waals surface area contributed by atoms with Gasteiger partial charge in [0.05, 0.1) is 14.2 Å². The molecule has 0 aliphatic carbocycles. The van der Waals surface area contributed by atoms with Gasteiger partial charge in [0.1, 0.15) is 18.0 Å². The Morgan fingerprint density at radius 3 is 2.38 bits per heavy atom. The monoisotopic (exact) mass is 330 g/mol. The Morgan fingerprint density at radius 2 is 1.67 bits per heavy atom. The van der Waals surface area contributed by atoms with Crippen molar-refractivity contribution in [1.82, 2.24) is 9.97 Å². The molecule has 0 bridgehead atoms. The van der Waals surface area contributed by atoms with Crippen LogP contribution in [0.1, 0.15) is 31.7 Å². The Kier molecular flexibility index (Phi) is 7.14. The zero-order valence-corrected chi connectivity index (χ0v) is 14.6. The maximum atomic E-state index is 5.32. The van der Waals surface area contributed by atoms with Crippen molar-refractivity contribution in [2.45, 2.75) is 32.7 Å². The molecule has 0 fully saturated rings. The molecule has 1 heterocycles. The Bertz CT molecular complexity index is 634. The number of nitrogens with one attached hydrogen (secondary N) is 2. The molecule has 24 heavy (non-hydrogen) atoms. The number of hydrogen-bond acceptors (Lipinski definition) is 6. The highest BCUT2D eigenvalue weighted by molar-refractivity contribution is 5.48. The van der Waals surface area contributed by atoms with Crippen LogP contribution in [0.15, 0.2) is 30.6 Å². The number of methoxy groups -OCH3 is 2. The maximum Gasteiger partial charge on any atom is 0.161 e. The molecular formula is C18H26N4O2. The van der Waals surface area contributed by atoms with Gasteiger partial charge in [0.2, 0.25) is 0 Å². The van der Waals surface area contributed by atoms with Gasteiger partial charge in [-0.2, -0.15) is 0 Å². The fourth-order valence-corrected chi connectivity index (χ4v) is 2.33. The lowest BCUT2D eigenvalue weighted by atomic mass is 10.2. The Hall–Kier alpha value is -2.50. The lowest BCUT2D eigenvalue weighted by molar-refractivity contribution is 0.354. The van der Waals surface area contributed by atoms with Crippen molar-refractivity contribution in [3.63, 3.8) is 0 Å². The van der Waals surface area contributed by atoms with Gasteiger partial charge in [0.25, 0.3) is 0 Å². The van der Waals surface area contributed by atoms with Crippen molar-refractivity contribution in [2.24, 2.45) is 0 Å². The molecule has 1 aromatic heterocycles. The molecule has 0 saturated heterocycles. The summed E-state index contributed by atoms with van der Waals surface area (Å²) in [5.41, 5.74) is 1.09. The molecule has 130 valence electrons. The minimum Gasteiger partial charge on any atom is -0.493 e. The van der Waals surface area contributed by atoms with Crippen molar-refractivity contribution in [2.75, 3.05) is 31.4 Å². The number of ether oxygens (including phenoxy) is 2. The highest BCUT2D eigenvalue weighted by Gasteiger charge is 2.05. The van der Waals surface area contributed by atoms with Crippen LogP contribution in [0.5, 0.6) is 11.5 Å². The molecular weight excluding hydrogens is 304 g/mol. The van der Waals surface area contributed by atoms with Gasteiger partial charge in [-0.25, -0.2) is 9.97 Å². The third kappa shape index (κ3) is 5.30. The molecule has 6 nitrogen and oxygen atoms in total. The van der Waals surface area contributed by atoms with Crippen molar-refractivity contribution in [1.29, 1.82) is 0 Å². The Balaban J connectivity index is 1.92. The number of hydrogen-bond donors (Lipinski definition) is 2. The summed E-state index contributed by atoms with van der Waals surface area (Å²) < 4.78 is 10.6. The standard InChI is InChI=1S/C18H26N4O2/c1-4-5-6-9-19-17-11-18(22-13-21-17)20-12-14-7-8-15(23-2)16(10-14)24-3/h7-8,10-11,13H,4-6,9,12H2,1-3H3,(H2,19,20,21,22). The van der Waals surface area contributed by atoms with E-state index in [2.05, 4.69) is 27.5 Å². The number of benzene rings is 1. The molecule has 0 atom stereocenters. The van der Waals surface area contributed by atoms with E-state index in [0.717, 1.165) is 41.7 Å². The van der Waals surface area contributed by atoms with Crippen LogP contribution < -0.4 is 20.1 Å². The summed E-state index contributed by atoms with van der Waals surface area (Å²) in [4.78, 5) is 8.50. The van der Waals surface area contributed by atoms with E-state index in [0.29, 0.717) is 6.54 Å². The lowest BCUT2D eigenvalue weighted by Gasteiger charge is -2.11. The summed E-state index contributed by atoms with van der Waals surface area (Å²) >= 11 is 0. The van der Waals surface area contributed by atoms with Gasteiger partial charge in [0.15, 0.2) is 11.5 Å². The first-order valence-corrected chi connectivity index (χ1v) is 8.27. The summed E-state index contributed by atoms with van der Waals surface area (Å²) in [7, 11) is 3.27. The van der Waals surface area contributed by atoms with E-state index >= 15 is 0 Å². The molecule has 0 amide bonds. The molecule has 0 saturated carbocycles. The quantitative estimate of drug-likeness (QED) is 0.647. The molecule has 2 N–H and O–H groups in total. The molecule has 0 aliphatic heterocycles. The van der Waals surface area contributed by atoms with Crippen molar-refractivity contribution in [3.05, 3.63) is 36.2 Å². The van der Waals surface area contributed by atoms with Gasteiger partial charge in [-0.1, -0.05) is 25.8 Å². The van der Waals surface area contributed by atoms with Gasteiger partial charge >= 0.3 is 0 Å². The third-order valence-electron chi connectivity index (χ3n) is 3.68. The first-order valence-electron chi connectivity index (χ1n) is 8.27. The van der Waals surface area contributed by atoms with E-state index in [1.807, 2.05) is 24.3 Å². The molecule has 6 heteroatoms. The van der Waals surface area contributed by atoms with Crippen LogP contribution in [-0.4, -0.2) is 30.7 Å². The zero-order valence-electron chi connectivity index (χ0n) is 14.6. The first kappa shape index (κ1) is 17.8. The molecule has 2 aromatic rings. The SMILES string of the molecule is CCCCCNc1cc(NCc2ccc(OC)c(OC)c2)ncn1. The normalized spacial score (nSPS) is 10.3. The Morgan fingerprint density at radius 1 is 0.917 bits per heavy atom. The second-order valence-corrected chi connectivity index (χ2v) is 5.47. The summed E-state index contributed by atoms with van der Waals surface area (Å²) in [6.45, 7) is 3.77. The summed E-state index contributed by atoms with van der Waals surface area (Å²) in [5, 5.41) is 6.63. The second-order valence-electron chi connectivity index (χ2n) is 5.47. The van der Waals surface area contributed by atoms with Crippen molar-refractivity contribution < 1.29 is 9.47 Å². The predicted molar refractivity (Wildman–Crippen MR) is 96.9 cm³/mol. The van der Waals surface area contributed by atoms with E-state index in [1.165, 1.54) is 12.8 Å². The fraction of sp³-hybridized carbons (Fsp3) is 0.444. The van der Waals surface area contributed by atoms with Crippen LogP contribution in [0.25, 0.3) is 0 Å². The van der Waals surface area contributed by atoms with Gasteiger partial charge in [-0.05, 0) is 24.1 Å². The van der Waals surface area contributed by atoms with E-state index in [1.54, 1.807) is 20.5 Å².